The molecule has 12 heteroatoms. The van der Waals surface area contributed by atoms with Gasteiger partial charge >= 0.3 is 12.0 Å². The van der Waals surface area contributed by atoms with E-state index in [4.69, 9.17) is 18.6 Å². The van der Waals surface area contributed by atoms with Crippen LogP contribution in [0, 0.1) is 0 Å². The molecule has 2 heterocycles. The van der Waals surface area contributed by atoms with Gasteiger partial charge < -0.3 is 39.3 Å². The Morgan fingerprint density at radius 3 is 2.66 bits per heavy atom. The fourth-order valence-electron chi connectivity index (χ4n) is 3.93. The van der Waals surface area contributed by atoms with E-state index in [-0.39, 0.29) is 12.2 Å². The number of nitrogens with zero attached hydrogens (tertiary/aromatic N) is 2. The number of aliphatic hydroxyl groups excluding tert-OH is 1. The van der Waals surface area contributed by atoms with Crippen LogP contribution in [0.25, 0.3) is 0 Å². The van der Waals surface area contributed by atoms with Crippen molar-refractivity contribution in [1.82, 2.24) is 16.1 Å². The van der Waals surface area contributed by atoms with Gasteiger partial charge in [0.2, 0.25) is 0 Å². The molecule has 0 saturated heterocycles. The van der Waals surface area contributed by atoms with Crippen LogP contribution in [-0.2, 0) is 9.53 Å². The van der Waals surface area contributed by atoms with Gasteiger partial charge in [-0.05, 0) is 51.5 Å². The van der Waals surface area contributed by atoms with E-state index in [0.29, 0.717) is 35.1 Å². The Kier molecular flexibility index (Phi) is 9.99. The SMILES string of the molecule is CCOc1cc([C@H]2NC(=O)NC(C)=C2C(=O)OC)ccc1OC[C@@H](O)N/N=C\c1ccc(N(CC)CC)o1. The molecule has 12 nitrogen and oxygen atoms in total. The Labute approximate surface area is 221 Å². The lowest BCUT2D eigenvalue weighted by molar-refractivity contribution is -0.136. The zero-order valence-electron chi connectivity index (χ0n) is 22.2. The Bertz CT molecular complexity index is 1170. The number of hydrogen-bond donors (Lipinski definition) is 4. The molecule has 2 aromatic rings. The van der Waals surface area contributed by atoms with Crippen LogP contribution in [-0.4, -0.2) is 63.0 Å². The van der Waals surface area contributed by atoms with Crippen LogP contribution in [0.2, 0.25) is 0 Å². The van der Waals surface area contributed by atoms with Crippen molar-refractivity contribution >= 4 is 24.1 Å². The van der Waals surface area contributed by atoms with Crippen LogP contribution in [0.15, 0.2) is 51.1 Å². The maximum atomic E-state index is 12.4. The van der Waals surface area contributed by atoms with Gasteiger partial charge in [0.25, 0.3) is 0 Å². The first-order chi connectivity index (χ1) is 18.3. The third kappa shape index (κ3) is 6.97. The number of hydrazone groups is 1. The van der Waals surface area contributed by atoms with Crippen LogP contribution >= 0.6 is 0 Å². The summed E-state index contributed by atoms with van der Waals surface area (Å²) in [5.74, 6) is 1.49. The van der Waals surface area contributed by atoms with Gasteiger partial charge in [-0.25, -0.2) is 9.59 Å². The summed E-state index contributed by atoms with van der Waals surface area (Å²) in [5, 5.41) is 19.6. The number of furan rings is 1. The summed E-state index contributed by atoms with van der Waals surface area (Å²) in [4.78, 5) is 26.5. The molecule has 1 aromatic carbocycles. The van der Waals surface area contributed by atoms with E-state index in [2.05, 4.69) is 26.1 Å². The fraction of sp³-hybridized carbons (Fsp3) is 0.423. The minimum absolute atomic E-state index is 0.129. The van der Waals surface area contributed by atoms with Gasteiger partial charge in [0.05, 0.1) is 31.5 Å². The minimum Gasteiger partial charge on any atom is -0.490 e. The molecular formula is C26H35N5O7. The molecule has 3 rings (SSSR count). The Balaban J connectivity index is 1.66. The average molecular weight is 530 g/mol. The van der Waals surface area contributed by atoms with Crippen LogP contribution in [0.1, 0.15) is 45.1 Å². The number of benzene rings is 1. The Hall–Kier alpha value is -4.19. The number of carbonyl (C=O) groups excluding carboxylic acids is 2. The van der Waals surface area contributed by atoms with Crippen molar-refractivity contribution in [2.75, 3.05) is 38.3 Å². The third-order valence-corrected chi connectivity index (χ3v) is 5.78. The monoisotopic (exact) mass is 529 g/mol. The quantitative estimate of drug-likeness (QED) is 0.133. The lowest BCUT2D eigenvalue weighted by atomic mass is 9.95. The number of hydrogen-bond acceptors (Lipinski definition) is 10. The molecule has 2 atom stereocenters. The van der Waals surface area contributed by atoms with E-state index < -0.39 is 24.3 Å². The maximum Gasteiger partial charge on any atom is 0.337 e. The Morgan fingerprint density at radius 2 is 1.97 bits per heavy atom. The normalized spacial score (nSPS) is 16.1. The van der Waals surface area contributed by atoms with Crippen LogP contribution in [0.5, 0.6) is 11.5 Å². The lowest BCUT2D eigenvalue weighted by Gasteiger charge is -2.28. The smallest absolute Gasteiger partial charge is 0.337 e. The number of esters is 1. The molecule has 2 amide bonds. The summed E-state index contributed by atoms with van der Waals surface area (Å²) < 4.78 is 22.1. The summed E-state index contributed by atoms with van der Waals surface area (Å²) >= 11 is 0. The van der Waals surface area contributed by atoms with Gasteiger partial charge in [-0.3, -0.25) is 5.43 Å². The predicted octanol–water partition coefficient (Wildman–Crippen LogP) is 2.65. The van der Waals surface area contributed by atoms with E-state index in [1.807, 2.05) is 26.8 Å². The molecule has 0 saturated carbocycles. The summed E-state index contributed by atoms with van der Waals surface area (Å²) in [6.07, 6.45) is 0.357. The zero-order chi connectivity index (χ0) is 27.7. The van der Waals surface area contributed by atoms with E-state index in [0.717, 1.165) is 19.0 Å². The van der Waals surface area contributed by atoms with Gasteiger partial charge in [-0.1, -0.05) is 6.07 Å². The zero-order valence-corrected chi connectivity index (χ0v) is 22.2. The third-order valence-electron chi connectivity index (χ3n) is 5.78. The van der Waals surface area contributed by atoms with E-state index in [9.17, 15) is 14.7 Å². The Morgan fingerprint density at radius 1 is 1.21 bits per heavy atom. The molecule has 38 heavy (non-hydrogen) atoms. The molecule has 0 radical (unpaired) electrons. The summed E-state index contributed by atoms with van der Waals surface area (Å²) in [7, 11) is 1.28. The number of aliphatic hydroxyl groups is 1. The second-order valence-corrected chi connectivity index (χ2v) is 8.26. The number of allylic oxidation sites excluding steroid dienone is 1. The van der Waals surface area contributed by atoms with Crippen molar-refractivity contribution in [2.24, 2.45) is 5.10 Å². The van der Waals surface area contributed by atoms with E-state index >= 15 is 0 Å². The number of urea groups is 1. The van der Waals surface area contributed by atoms with Gasteiger partial charge in [0.15, 0.2) is 23.6 Å². The molecule has 1 aliphatic rings. The predicted molar refractivity (Wildman–Crippen MR) is 141 cm³/mol. The lowest BCUT2D eigenvalue weighted by Crippen LogP contribution is -2.45. The highest BCUT2D eigenvalue weighted by atomic mass is 16.5. The number of nitrogens with one attached hydrogen (secondary N) is 3. The highest BCUT2D eigenvalue weighted by Gasteiger charge is 2.32. The average Bonchev–Trinajstić information content (AvgIpc) is 3.36. The highest BCUT2D eigenvalue weighted by molar-refractivity contribution is 5.95. The molecule has 0 bridgehead atoms. The molecule has 0 fully saturated rings. The van der Waals surface area contributed by atoms with Gasteiger partial charge in [-0.2, -0.15) is 5.10 Å². The summed E-state index contributed by atoms with van der Waals surface area (Å²) in [6, 6.07) is 7.51. The summed E-state index contributed by atoms with van der Waals surface area (Å²) in [6.45, 7) is 9.42. The van der Waals surface area contributed by atoms with Crippen molar-refractivity contribution in [2.45, 2.75) is 40.0 Å². The van der Waals surface area contributed by atoms with Crippen molar-refractivity contribution in [1.29, 1.82) is 0 Å². The van der Waals surface area contributed by atoms with Crippen molar-refractivity contribution < 1.29 is 33.3 Å². The number of ether oxygens (including phenoxy) is 3. The molecule has 0 aliphatic carbocycles. The number of amides is 2. The first-order valence-corrected chi connectivity index (χ1v) is 12.4. The largest absolute Gasteiger partial charge is 0.490 e. The first kappa shape index (κ1) is 28.4. The van der Waals surface area contributed by atoms with Crippen LogP contribution in [0.4, 0.5) is 10.7 Å². The van der Waals surface area contributed by atoms with Gasteiger partial charge in [0.1, 0.15) is 12.4 Å². The van der Waals surface area contributed by atoms with Crippen LogP contribution in [0.3, 0.4) is 0 Å². The molecule has 206 valence electrons. The molecule has 4 N–H and O–H groups in total. The minimum atomic E-state index is -1.11. The standard InChI is InChI=1S/C26H35N5O7/c1-6-31(7-2)22-12-10-18(38-22)14-27-30-21(32)15-37-19-11-9-17(13-20(19)36-8-3)24-23(25(33)35-5)16(4)28-26(34)29-24/h9-14,21,24,30,32H,6-8,15H2,1-5H3,(H2,28,29,34)/b27-14-/t21-,24-/m1/s1. The molecule has 0 unspecified atom stereocenters. The molecule has 1 aromatic heterocycles. The van der Waals surface area contributed by atoms with Crippen molar-refractivity contribution in [3.8, 4) is 11.5 Å². The highest BCUT2D eigenvalue weighted by Crippen LogP contribution is 2.34. The number of rotatable bonds is 13. The molecule has 1 aliphatic heterocycles. The van der Waals surface area contributed by atoms with Crippen molar-refractivity contribution in [3.63, 3.8) is 0 Å². The summed E-state index contributed by atoms with van der Waals surface area (Å²) in [5.41, 5.74) is 3.87. The molecule has 0 spiro atoms. The second-order valence-electron chi connectivity index (χ2n) is 8.26. The van der Waals surface area contributed by atoms with Crippen molar-refractivity contribution in [3.05, 3.63) is 52.9 Å². The van der Waals surface area contributed by atoms with Gasteiger partial charge in [0, 0.05) is 24.9 Å². The first-order valence-electron chi connectivity index (χ1n) is 12.4. The van der Waals surface area contributed by atoms with E-state index in [1.54, 1.807) is 31.2 Å². The van der Waals surface area contributed by atoms with Gasteiger partial charge in [-0.15, -0.1) is 0 Å². The number of carbonyl (C=O) groups is 2. The molecular weight excluding hydrogens is 494 g/mol. The number of methoxy groups -OCH3 is 1. The number of anilines is 1. The maximum absolute atomic E-state index is 12.4. The van der Waals surface area contributed by atoms with Crippen LogP contribution < -0.4 is 30.4 Å². The van der Waals surface area contributed by atoms with E-state index in [1.165, 1.54) is 13.3 Å². The topological polar surface area (TPSA) is 147 Å². The second kappa shape index (κ2) is 13.4. The fourth-order valence-corrected chi connectivity index (χ4v) is 3.93.